The molecule has 2 heterocycles. The summed E-state index contributed by atoms with van der Waals surface area (Å²) in [4.78, 5) is 17.5. The number of nitrogens with one attached hydrogen (secondary N) is 1. The van der Waals surface area contributed by atoms with Crippen molar-refractivity contribution >= 4 is 21.2 Å². The predicted octanol–water partition coefficient (Wildman–Crippen LogP) is 5.44. The molecule has 1 aromatic carbocycles. The zero-order valence-electron chi connectivity index (χ0n) is 22.6. The van der Waals surface area contributed by atoms with Gasteiger partial charge in [0, 0.05) is 31.2 Å². The van der Waals surface area contributed by atoms with Crippen molar-refractivity contribution in [2.75, 3.05) is 0 Å². The van der Waals surface area contributed by atoms with Crippen LogP contribution in [0.2, 0.25) is 0 Å². The van der Waals surface area contributed by atoms with E-state index in [1.807, 2.05) is 26.0 Å². The van der Waals surface area contributed by atoms with Gasteiger partial charge in [-0.2, -0.15) is 13.2 Å². The van der Waals surface area contributed by atoms with Gasteiger partial charge in [-0.05, 0) is 66.5 Å². The summed E-state index contributed by atoms with van der Waals surface area (Å²) in [7, 11) is -2.35. The Labute approximate surface area is 221 Å². The van der Waals surface area contributed by atoms with Crippen molar-refractivity contribution in [1.82, 2.24) is 18.8 Å². The number of hydrogen-bond donors (Lipinski definition) is 1. The van der Waals surface area contributed by atoms with Crippen molar-refractivity contribution in [3.8, 4) is 0 Å². The number of hydrogen-bond acceptors (Lipinski definition) is 4. The summed E-state index contributed by atoms with van der Waals surface area (Å²) in [5.74, 6) is -0.0474. The molecule has 11 heteroatoms. The van der Waals surface area contributed by atoms with Crippen LogP contribution in [0.1, 0.15) is 71.1 Å². The number of aryl methyl sites for hydroxylation is 1. The number of benzene rings is 1. The van der Waals surface area contributed by atoms with E-state index in [0.29, 0.717) is 18.6 Å². The summed E-state index contributed by atoms with van der Waals surface area (Å²) in [6, 6.07) is 6.88. The van der Waals surface area contributed by atoms with Crippen molar-refractivity contribution in [3.63, 3.8) is 0 Å². The number of aromatic nitrogens is 3. The third kappa shape index (κ3) is 5.68. The van der Waals surface area contributed by atoms with Crippen LogP contribution in [-0.2, 0) is 29.8 Å². The van der Waals surface area contributed by atoms with Crippen LogP contribution in [0.4, 0.5) is 13.2 Å². The van der Waals surface area contributed by atoms with Gasteiger partial charge in [-0.3, -0.25) is 9.13 Å². The maximum absolute atomic E-state index is 13.1. The summed E-state index contributed by atoms with van der Waals surface area (Å²) in [5, 5.41) is 0. The highest BCUT2D eigenvalue weighted by Crippen LogP contribution is 2.43. The number of pyridine rings is 1. The summed E-state index contributed by atoms with van der Waals surface area (Å²) in [5.41, 5.74) is 0.630. The molecule has 0 bridgehead atoms. The lowest BCUT2D eigenvalue weighted by Crippen LogP contribution is -2.48. The second kappa shape index (κ2) is 9.51. The van der Waals surface area contributed by atoms with E-state index >= 15 is 0 Å². The molecule has 0 saturated heterocycles. The van der Waals surface area contributed by atoms with Gasteiger partial charge in [-0.15, -0.1) is 0 Å². The fraction of sp³-hybridized carbons (Fsp3) is 0.556. The third-order valence-electron chi connectivity index (χ3n) is 7.44. The largest absolute Gasteiger partial charge is 0.416 e. The van der Waals surface area contributed by atoms with Crippen LogP contribution in [0, 0.1) is 10.8 Å². The highest BCUT2D eigenvalue weighted by Gasteiger charge is 2.40. The molecule has 3 aromatic rings. The molecule has 2 atom stereocenters. The fourth-order valence-electron chi connectivity index (χ4n) is 5.14. The van der Waals surface area contributed by atoms with Crippen molar-refractivity contribution in [3.05, 3.63) is 58.1 Å². The van der Waals surface area contributed by atoms with Gasteiger partial charge in [0.1, 0.15) is 0 Å². The minimum Gasteiger partial charge on any atom is -0.290 e. The summed E-state index contributed by atoms with van der Waals surface area (Å²) < 4.78 is 71.0. The summed E-state index contributed by atoms with van der Waals surface area (Å²) in [6.45, 7) is 10.7. The first-order chi connectivity index (χ1) is 17.4. The van der Waals surface area contributed by atoms with E-state index in [-0.39, 0.29) is 27.3 Å². The van der Waals surface area contributed by atoms with Gasteiger partial charge in [0.05, 0.1) is 16.0 Å². The molecule has 208 valence electrons. The molecule has 1 aliphatic rings. The maximum atomic E-state index is 13.1. The highest BCUT2D eigenvalue weighted by molar-refractivity contribution is 7.89. The van der Waals surface area contributed by atoms with Crippen molar-refractivity contribution < 1.29 is 21.6 Å². The van der Waals surface area contributed by atoms with Gasteiger partial charge in [-0.1, -0.05) is 34.6 Å². The standard InChI is InChI=1S/C27H35F3N4O3S/c1-25(2,3)16-34-21-12-11-20(31-23(21)33(6)24(34)35)17-13-14-26(4,5)22(15-17)32-38(36,37)19-9-7-18(8-10-19)27(28,29)30/h7-12,17,22,32H,13-16H2,1-6H3. The van der Waals surface area contributed by atoms with E-state index in [1.54, 1.807) is 16.2 Å². The number of fused-ring (bicyclic) bond motifs is 1. The van der Waals surface area contributed by atoms with E-state index in [4.69, 9.17) is 4.98 Å². The molecule has 0 amide bonds. The molecule has 1 N–H and O–H groups in total. The van der Waals surface area contributed by atoms with Crippen LogP contribution in [0.5, 0.6) is 0 Å². The molecule has 7 nitrogen and oxygen atoms in total. The topological polar surface area (TPSA) is 86.0 Å². The molecule has 0 aliphatic heterocycles. The first-order valence-electron chi connectivity index (χ1n) is 12.6. The highest BCUT2D eigenvalue weighted by atomic mass is 32.2. The molecular weight excluding hydrogens is 517 g/mol. The van der Waals surface area contributed by atoms with Crippen molar-refractivity contribution in [2.24, 2.45) is 17.9 Å². The molecule has 1 fully saturated rings. The third-order valence-corrected chi connectivity index (χ3v) is 8.93. The average molecular weight is 553 g/mol. The first kappa shape index (κ1) is 28.4. The molecule has 38 heavy (non-hydrogen) atoms. The van der Waals surface area contributed by atoms with Crippen LogP contribution in [0.3, 0.4) is 0 Å². The normalized spacial score (nSPS) is 20.7. The molecular formula is C27H35F3N4O3S. The zero-order chi connectivity index (χ0) is 28.3. The molecule has 4 rings (SSSR count). The number of sulfonamides is 1. The van der Waals surface area contributed by atoms with E-state index in [1.165, 1.54) is 0 Å². The van der Waals surface area contributed by atoms with E-state index < -0.39 is 27.8 Å². The number of rotatable bonds is 5. The second-order valence-corrected chi connectivity index (χ2v) is 13.9. The summed E-state index contributed by atoms with van der Waals surface area (Å²) >= 11 is 0. The smallest absolute Gasteiger partial charge is 0.290 e. The lowest BCUT2D eigenvalue weighted by Gasteiger charge is -2.42. The van der Waals surface area contributed by atoms with Crippen LogP contribution in [0.25, 0.3) is 11.2 Å². The SMILES string of the molecule is Cn1c(=O)n(CC(C)(C)C)c2ccc(C3CCC(C)(C)C(NS(=O)(=O)c4ccc(C(F)(F)F)cc4)C3)nc21. The van der Waals surface area contributed by atoms with Crippen LogP contribution in [0.15, 0.2) is 46.1 Å². The number of nitrogens with zero attached hydrogens (tertiary/aromatic N) is 3. The molecule has 2 unspecified atom stereocenters. The lowest BCUT2D eigenvalue weighted by atomic mass is 9.69. The quantitative estimate of drug-likeness (QED) is 0.457. The zero-order valence-corrected chi connectivity index (χ0v) is 23.4. The van der Waals surface area contributed by atoms with Gasteiger partial charge >= 0.3 is 11.9 Å². The van der Waals surface area contributed by atoms with Crippen molar-refractivity contribution in [2.45, 2.75) is 83.5 Å². The molecule has 0 radical (unpaired) electrons. The number of halogens is 3. The lowest BCUT2D eigenvalue weighted by molar-refractivity contribution is -0.137. The van der Waals surface area contributed by atoms with Gasteiger partial charge < -0.3 is 0 Å². The fourth-order valence-corrected chi connectivity index (χ4v) is 6.56. The Hall–Kier alpha value is -2.66. The summed E-state index contributed by atoms with van der Waals surface area (Å²) in [6.07, 6.45) is -2.55. The minimum atomic E-state index is -4.54. The van der Waals surface area contributed by atoms with E-state index in [0.717, 1.165) is 48.3 Å². The van der Waals surface area contributed by atoms with Crippen LogP contribution < -0.4 is 10.4 Å². The van der Waals surface area contributed by atoms with Crippen molar-refractivity contribution in [1.29, 1.82) is 0 Å². The monoisotopic (exact) mass is 552 g/mol. The minimum absolute atomic E-state index is 0.0474. The van der Waals surface area contributed by atoms with Gasteiger partial charge in [-0.25, -0.2) is 22.9 Å². The Morgan fingerprint density at radius 2 is 1.71 bits per heavy atom. The van der Waals surface area contributed by atoms with Crippen LogP contribution >= 0.6 is 0 Å². The Balaban J connectivity index is 1.61. The van der Waals surface area contributed by atoms with Gasteiger partial charge in [0.2, 0.25) is 10.0 Å². The maximum Gasteiger partial charge on any atom is 0.416 e. The Morgan fingerprint density at radius 1 is 1.08 bits per heavy atom. The molecule has 1 saturated carbocycles. The first-order valence-corrected chi connectivity index (χ1v) is 14.1. The van der Waals surface area contributed by atoms with Crippen LogP contribution in [-0.4, -0.2) is 28.6 Å². The van der Waals surface area contributed by atoms with Gasteiger partial charge in [0.15, 0.2) is 5.65 Å². The Bertz CT molecular complexity index is 1500. The second-order valence-electron chi connectivity index (χ2n) is 12.2. The average Bonchev–Trinajstić information content (AvgIpc) is 3.03. The molecule has 2 aromatic heterocycles. The Kier molecular flexibility index (Phi) is 7.10. The van der Waals surface area contributed by atoms with Gasteiger partial charge in [0.25, 0.3) is 0 Å². The molecule has 1 aliphatic carbocycles. The van der Waals surface area contributed by atoms with E-state index in [2.05, 4.69) is 25.5 Å². The molecule has 0 spiro atoms. The van der Waals surface area contributed by atoms with E-state index in [9.17, 15) is 26.4 Å². The Morgan fingerprint density at radius 3 is 2.29 bits per heavy atom. The predicted molar refractivity (Wildman–Crippen MR) is 140 cm³/mol. The number of alkyl halides is 3. The number of imidazole rings is 1.